The predicted molar refractivity (Wildman–Crippen MR) is 76.7 cm³/mol. The van der Waals surface area contributed by atoms with Crippen molar-refractivity contribution in [2.45, 2.75) is 27.7 Å². The summed E-state index contributed by atoms with van der Waals surface area (Å²) in [6.45, 7) is 12.0. The number of pyridine rings is 1. The normalized spacial score (nSPS) is 13.4. The van der Waals surface area contributed by atoms with E-state index in [4.69, 9.17) is 5.26 Å². The molecule has 1 aliphatic rings. The fourth-order valence-electron chi connectivity index (χ4n) is 1.53. The summed E-state index contributed by atoms with van der Waals surface area (Å²) in [5, 5.41) is 11.9. The molecule has 18 heavy (non-hydrogen) atoms. The fraction of sp³-hybridized carbons (Fsp3) is 0.571. The second kappa shape index (κ2) is 10.5. The van der Waals surface area contributed by atoms with E-state index in [1.807, 2.05) is 39.8 Å². The molecule has 0 spiro atoms. The van der Waals surface area contributed by atoms with Gasteiger partial charge in [0.1, 0.15) is 11.9 Å². The number of hydrogen-bond acceptors (Lipinski definition) is 4. The SMILES string of the molecule is CC.CC.N#Cc1ccc(N2CCNCC2)nc1. The Balaban J connectivity index is 0.000000659. The third-order valence-corrected chi connectivity index (χ3v) is 2.32. The number of nitrogens with one attached hydrogen (secondary N) is 1. The van der Waals surface area contributed by atoms with Crippen molar-refractivity contribution >= 4 is 5.82 Å². The van der Waals surface area contributed by atoms with E-state index in [2.05, 4.69) is 21.3 Å². The van der Waals surface area contributed by atoms with Gasteiger partial charge in [-0.1, -0.05) is 27.7 Å². The van der Waals surface area contributed by atoms with E-state index >= 15 is 0 Å². The minimum Gasteiger partial charge on any atom is -0.354 e. The molecule has 1 aliphatic heterocycles. The third-order valence-electron chi connectivity index (χ3n) is 2.32. The molecule has 0 saturated carbocycles. The summed E-state index contributed by atoms with van der Waals surface area (Å²) in [6.07, 6.45) is 1.62. The van der Waals surface area contributed by atoms with Crippen LogP contribution in [0.5, 0.6) is 0 Å². The zero-order chi connectivity index (χ0) is 13.8. The average molecular weight is 248 g/mol. The van der Waals surface area contributed by atoms with Gasteiger partial charge in [0.25, 0.3) is 0 Å². The highest BCUT2D eigenvalue weighted by atomic mass is 15.2. The lowest BCUT2D eigenvalue weighted by Gasteiger charge is -2.28. The lowest BCUT2D eigenvalue weighted by atomic mass is 10.3. The first-order valence-electron chi connectivity index (χ1n) is 6.72. The molecule has 4 nitrogen and oxygen atoms in total. The highest BCUT2D eigenvalue weighted by Gasteiger charge is 2.10. The molecule has 1 N–H and O–H groups in total. The van der Waals surface area contributed by atoms with Gasteiger partial charge in [0.2, 0.25) is 0 Å². The fourth-order valence-corrected chi connectivity index (χ4v) is 1.53. The number of piperazine rings is 1. The highest BCUT2D eigenvalue weighted by Crippen LogP contribution is 2.11. The molecule has 1 fully saturated rings. The molecule has 1 saturated heterocycles. The number of nitriles is 1. The summed E-state index contributed by atoms with van der Waals surface area (Å²) in [4.78, 5) is 6.47. The van der Waals surface area contributed by atoms with E-state index in [1.54, 1.807) is 6.20 Å². The van der Waals surface area contributed by atoms with Gasteiger partial charge in [0, 0.05) is 32.4 Å². The van der Waals surface area contributed by atoms with E-state index in [0.717, 1.165) is 32.0 Å². The van der Waals surface area contributed by atoms with Gasteiger partial charge in [0.05, 0.1) is 5.56 Å². The molecule has 0 amide bonds. The Morgan fingerprint density at radius 3 is 2.22 bits per heavy atom. The quantitative estimate of drug-likeness (QED) is 0.829. The van der Waals surface area contributed by atoms with Crippen molar-refractivity contribution in [1.29, 1.82) is 5.26 Å². The molecule has 4 heteroatoms. The first kappa shape index (κ1) is 16.4. The highest BCUT2D eigenvalue weighted by molar-refractivity contribution is 5.42. The zero-order valence-electron chi connectivity index (χ0n) is 11.9. The minimum atomic E-state index is 0.615. The van der Waals surface area contributed by atoms with Crippen LogP contribution >= 0.6 is 0 Å². The van der Waals surface area contributed by atoms with E-state index < -0.39 is 0 Å². The van der Waals surface area contributed by atoms with Crippen molar-refractivity contribution in [1.82, 2.24) is 10.3 Å². The van der Waals surface area contributed by atoms with Crippen LogP contribution in [0.3, 0.4) is 0 Å². The predicted octanol–water partition coefficient (Wildman–Crippen LogP) is 2.42. The van der Waals surface area contributed by atoms with E-state index in [-0.39, 0.29) is 0 Å². The Labute approximate surface area is 111 Å². The first-order chi connectivity index (χ1) is 8.90. The van der Waals surface area contributed by atoms with Crippen LogP contribution < -0.4 is 10.2 Å². The lowest BCUT2D eigenvalue weighted by molar-refractivity contribution is 0.585. The van der Waals surface area contributed by atoms with Crippen LogP contribution in [0.25, 0.3) is 0 Å². The summed E-state index contributed by atoms with van der Waals surface area (Å²) in [7, 11) is 0. The number of hydrogen-bond donors (Lipinski definition) is 1. The molecular weight excluding hydrogens is 224 g/mol. The monoisotopic (exact) mass is 248 g/mol. The largest absolute Gasteiger partial charge is 0.354 e. The van der Waals surface area contributed by atoms with Gasteiger partial charge >= 0.3 is 0 Å². The van der Waals surface area contributed by atoms with Gasteiger partial charge in [-0.25, -0.2) is 4.98 Å². The Kier molecular flexibility index (Phi) is 9.61. The number of nitrogens with zero attached hydrogens (tertiary/aromatic N) is 3. The van der Waals surface area contributed by atoms with Crippen LogP contribution in [0, 0.1) is 11.3 Å². The second-order valence-corrected chi connectivity index (χ2v) is 3.25. The van der Waals surface area contributed by atoms with Crippen LogP contribution in [0.1, 0.15) is 33.3 Å². The Bertz CT molecular complexity index is 334. The van der Waals surface area contributed by atoms with Crippen LogP contribution in [-0.2, 0) is 0 Å². The number of anilines is 1. The molecule has 0 bridgehead atoms. The third kappa shape index (κ3) is 5.15. The molecular formula is C14H24N4. The Morgan fingerprint density at radius 1 is 1.17 bits per heavy atom. The molecule has 0 aromatic carbocycles. The summed E-state index contributed by atoms with van der Waals surface area (Å²) in [5.74, 6) is 0.963. The van der Waals surface area contributed by atoms with Crippen LogP contribution in [-0.4, -0.2) is 31.2 Å². The summed E-state index contributed by atoms with van der Waals surface area (Å²) >= 11 is 0. The Morgan fingerprint density at radius 2 is 1.78 bits per heavy atom. The summed E-state index contributed by atoms with van der Waals surface area (Å²) in [5.41, 5.74) is 0.615. The standard InChI is InChI=1S/C10H12N4.2C2H6/c11-7-9-1-2-10(13-8-9)14-5-3-12-4-6-14;2*1-2/h1-2,8,12H,3-6H2;2*1-2H3. The lowest BCUT2D eigenvalue weighted by Crippen LogP contribution is -2.43. The molecule has 0 atom stereocenters. The van der Waals surface area contributed by atoms with Crippen molar-refractivity contribution in [3.05, 3.63) is 23.9 Å². The molecule has 2 heterocycles. The molecule has 2 rings (SSSR count). The Hall–Kier alpha value is -1.60. The van der Waals surface area contributed by atoms with Gasteiger partial charge in [-0.15, -0.1) is 0 Å². The number of rotatable bonds is 1. The average Bonchev–Trinajstić information content (AvgIpc) is 2.52. The molecule has 1 aromatic rings. The van der Waals surface area contributed by atoms with Crippen molar-refractivity contribution in [3.63, 3.8) is 0 Å². The molecule has 100 valence electrons. The second-order valence-electron chi connectivity index (χ2n) is 3.25. The van der Waals surface area contributed by atoms with Gasteiger partial charge < -0.3 is 10.2 Å². The van der Waals surface area contributed by atoms with Gasteiger partial charge in [-0.2, -0.15) is 5.26 Å². The summed E-state index contributed by atoms with van der Waals surface area (Å²) < 4.78 is 0. The van der Waals surface area contributed by atoms with Gasteiger partial charge in [-0.05, 0) is 12.1 Å². The van der Waals surface area contributed by atoms with Gasteiger partial charge in [0.15, 0.2) is 0 Å². The number of aromatic nitrogens is 1. The van der Waals surface area contributed by atoms with E-state index in [9.17, 15) is 0 Å². The minimum absolute atomic E-state index is 0.615. The van der Waals surface area contributed by atoms with E-state index in [0.29, 0.717) is 5.56 Å². The van der Waals surface area contributed by atoms with Crippen molar-refractivity contribution in [2.24, 2.45) is 0 Å². The molecule has 0 unspecified atom stereocenters. The first-order valence-corrected chi connectivity index (χ1v) is 6.72. The van der Waals surface area contributed by atoms with Crippen LogP contribution in [0.4, 0.5) is 5.82 Å². The van der Waals surface area contributed by atoms with Crippen molar-refractivity contribution in [3.8, 4) is 6.07 Å². The van der Waals surface area contributed by atoms with Crippen molar-refractivity contribution < 1.29 is 0 Å². The van der Waals surface area contributed by atoms with Crippen LogP contribution in [0.2, 0.25) is 0 Å². The van der Waals surface area contributed by atoms with E-state index in [1.165, 1.54) is 0 Å². The van der Waals surface area contributed by atoms with Crippen LogP contribution in [0.15, 0.2) is 18.3 Å². The molecule has 1 aromatic heterocycles. The molecule has 0 aliphatic carbocycles. The maximum Gasteiger partial charge on any atom is 0.128 e. The summed E-state index contributed by atoms with van der Waals surface area (Å²) in [6, 6.07) is 5.78. The van der Waals surface area contributed by atoms with Crippen molar-refractivity contribution in [2.75, 3.05) is 31.1 Å². The zero-order valence-corrected chi connectivity index (χ0v) is 11.9. The maximum atomic E-state index is 8.63. The topological polar surface area (TPSA) is 52.0 Å². The van der Waals surface area contributed by atoms with Gasteiger partial charge in [-0.3, -0.25) is 0 Å². The molecule has 0 radical (unpaired) electrons. The smallest absolute Gasteiger partial charge is 0.128 e. The maximum absolute atomic E-state index is 8.63.